The van der Waals surface area contributed by atoms with Crippen molar-refractivity contribution >= 4 is 17.3 Å². The third-order valence-electron chi connectivity index (χ3n) is 3.46. The normalized spacial score (nSPS) is 10.4. The molecule has 0 aliphatic carbocycles. The first kappa shape index (κ1) is 15.9. The van der Waals surface area contributed by atoms with E-state index in [4.69, 9.17) is 22.1 Å². The van der Waals surface area contributed by atoms with Gasteiger partial charge >= 0.3 is 0 Å². The Bertz CT molecular complexity index is 930. The molecule has 1 aromatic heterocycles. The summed E-state index contributed by atoms with van der Waals surface area (Å²) in [5.41, 5.74) is 7.30. The number of nitriles is 1. The summed E-state index contributed by atoms with van der Waals surface area (Å²) in [5.74, 6) is 0.373. The molecule has 0 fully saturated rings. The predicted octanol–water partition coefficient (Wildman–Crippen LogP) is 4.58. The predicted molar refractivity (Wildman–Crippen MR) is 90.6 cm³/mol. The molecule has 0 spiro atoms. The lowest BCUT2D eigenvalue weighted by molar-refractivity contribution is 0.437. The molecular weight excluding hydrogens is 329 g/mol. The molecule has 2 aromatic carbocycles. The Morgan fingerprint density at radius 1 is 1.17 bits per heavy atom. The Morgan fingerprint density at radius 2 is 1.96 bits per heavy atom. The van der Waals surface area contributed by atoms with Gasteiger partial charge in [0.2, 0.25) is 5.88 Å². The zero-order chi connectivity index (χ0) is 17.1. The van der Waals surface area contributed by atoms with Crippen molar-refractivity contribution in [3.8, 4) is 17.7 Å². The Balaban J connectivity index is 2.02. The molecule has 4 nitrogen and oxygen atoms in total. The molecule has 0 bridgehead atoms. The van der Waals surface area contributed by atoms with Crippen LogP contribution in [0.2, 0.25) is 5.02 Å². The van der Waals surface area contributed by atoms with E-state index < -0.39 is 0 Å². The molecule has 6 heteroatoms. The van der Waals surface area contributed by atoms with Crippen LogP contribution in [0.4, 0.5) is 10.1 Å². The fourth-order valence-corrected chi connectivity index (χ4v) is 2.54. The fraction of sp³-hybridized carbons (Fsp3) is 0.0556. The highest BCUT2D eigenvalue weighted by Crippen LogP contribution is 2.35. The molecule has 0 saturated heterocycles. The smallest absolute Gasteiger partial charge is 0.224 e. The molecule has 0 unspecified atom stereocenters. The first-order valence-electron chi connectivity index (χ1n) is 7.14. The highest BCUT2D eigenvalue weighted by molar-refractivity contribution is 6.32. The topological polar surface area (TPSA) is 64.0 Å². The Labute approximate surface area is 143 Å². The van der Waals surface area contributed by atoms with Gasteiger partial charge < -0.3 is 10.5 Å². The van der Waals surface area contributed by atoms with E-state index in [-0.39, 0.29) is 12.4 Å². The molecule has 1 heterocycles. The molecule has 0 aliphatic heterocycles. The van der Waals surface area contributed by atoms with Gasteiger partial charge in [-0.15, -0.1) is 0 Å². The third kappa shape index (κ3) is 3.19. The average molecular weight is 342 g/mol. The third-order valence-corrected chi connectivity index (χ3v) is 3.77. The SMILES string of the molecule is N#Cc1cc(N)c(Oc2ccccc2Cl)n1Cc1cccc(F)c1. The molecule has 3 aromatic rings. The van der Waals surface area contributed by atoms with E-state index in [0.717, 1.165) is 0 Å². The minimum absolute atomic E-state index is 0.248. The second-order valence-corrected chi connectivity index (χ2v) is 5.56. The molecule has 24 heavy (non-hydrogen) atoms. The van der Waals surface area contributed by atoms with Crippen LogP contribution in [0, 0.1) is 17.1 Å². The average Bonchev–Trinajstić information content (AvgIpc) is 2.85. The van der Waals surface area contributed by atoms with Crippen LogP contribution in [0.3, 0.4) is 0 Å². The van der Waals surface area contributed by atoms with E-state index in [9.17, 15) is 9.65 Å². The second-order valence-electron chi connectivity index (χ2n) is 5.15. The van der Waals surface area contributed by atoms with Crippen molar-refractivity contribution in [1.82, 2.24) is 4.57 Å². The lowest BCUT2D eigenvalue weighted by Crippen LogP contribution is -2.05. The lowest BCUT2D eigenvalue weighted by Gasteiger charge is -2.13. The van der Waals surface area contributed by atoms with Gasteiger partial charge in [0.25, 0.3) is 0 Å². The summed E-state index contributed by atoms with van der Waals surface area (Å²) in [7, 11) is 0. The number of halogens is 2. The minimum atomic E-state index is -0.347. The molecule has 0 saturated carbocycles. The summed E-state index contributed by atoms with van der Waals surface area (Å²) in [5, 5.41) is 9.75. The molecule has 0 atom stereocenters. The van der Waals surface area contributed by atoms with Crippen molar-refractivity contribution < 1.29 is 9.13 Å². The molecule has 0 aliphatic rings. The maximum Gasteiger partial charge on any atom is 0.224 e. The van der Waals surface area contributed by atoms with Crippen molar-refractivity contribution in [2.45, 2.75) is 6.54 Å². The number of benzene rings is 2. The fourth-order valence-electron chi connectivity index (χ4n) is 2.37. The van der Waals surface area contributed by atoms with Crippen molar-refractivity contribution in [2.75, 3.05) is 5.73 Å². The van der Waals surface area contributed by atoms with Crippen LogP contribution >= 0.6 is 11.6 Å². The van der Waals surface area contributed by atoms with Gasteiger partial charge in [0.05, 0.1) is 17.3 Å². The van der Waals surface area contributed by atoms with Gasteiger partial charge in [-0.2, -0.15) is 5.26 Å². The number of nitrogens with two attached hydrogens (primary N) is 1. The summed E-state index contributed by atoms with van der Waals surface area (Å²) >= 11 is 6.11. The number of aromatic nitrogens is 1. The van der Waals surface area contributed by atoms with Gasteiger partial charge in [0, 0.05) is 6.07 Å². The summed E-state index contributed by atoms with van der Waals surface area (Å²) in [4.78, 5) is 0. The van der Waals surface area contributed by atoms with Crippen LogP contribution in [0.1, 0.15) is 11.3 Å². The van der Waals surface area contributed by atoms with Crippen LogP contribution in [-0.4, -0.2) is 4.57 Å². The first-order valence-corrected chi connectivity index (χ1v) is 7.52. The number of nitrogens with zero attached hydrogens (tertiary/aromatic N) is 2. The number of nitrogen functional groups attached to an aromatic ring is 1. The second kappa shape index (κ2) is 6.65. The maximum atomic E-state index is 13.4. The van der Waals surface area contributed by atoms with Gasteiger partial charge in [-0.3, -0.25) is 4.57 Å². The van der Waals surface area contributed by atoms with Crippen LogP contribution in [0.5, 0.6) is 11.6 Å². The monoisotopic (exact) mass is 341 g/mol. The number of anilines is 1. The zero-order valence-corrected chi connectivity index (χ0v) is 13.3. The van der Waals surface area contributed by atoms with Gasteiger partial charge in [0.1, 0.15) is 23.3 Å². The molecule has 3 rings (SSSR count). The Hall–Kier alpha value is -2.97. The van der Waals surface area contributed by atoms with E-state index in [1.807, 2.05) is 0 Å². The van der Waals surface area contributed by atoms with Crippen molar-refractivity contribution in [1.29, 1.82) is 5.26 Å². The number of hydrogen-bond donors (Lipinski definition) is 1. The van der Waals surface area contributed by atoms with Crippen LogP contribution < -0.4 is 10.5 Å². The van der Waals surface area contributed by atoms with E-state index in [1.165, 1.54) is 18.2 Å². The van der Waals surface area contributed by atoms with Crippen LogP contribution in [0.25, 0.3) is 0 Å². The zero-order valence-electron chi connectivity index (χ0n) is 12.5. The van der Waals surface area contributed by atoms with Crippen molar-refractivity contribution in [3.63, 3.8) is 0 Å². The molecular formula is C18H13ClFN3O. The lowest BCUT2D eigenvalue weighted by atomic mass is 10.2. The van der Waals surface area contributed by atoms with Crippen LogP contribution in [0.15, 0.2) is 54.6 Å². The standard InChI is InChI=1S/C18H13ClFN3O/c19-15-6-1-2-7-17(15)24-18-16(22)9-14(10-21)23(18)11-12-4-3-5-13(20)8-12/h1-9H,11,22H2. The largest absolute Gasteiger partial charge is 0.437 e. The highest BCUT2D eigenvalue weighted by Gasteiger charge is 2.17. The number of ether oxygens (including phenoxy) is 1. The summed E-state index contributed by atoms with van der Waals surface area (Å²) in [6.45, 7) is 0.248. The Kier molecular flexibility index (Phi) is 4.41. The molecule has 0 radical (unpaired) electrons. The first-order chi connectivity index (χ1) is 11.6. The van der Waals surface area contributed by atoms with Gasteiger partial charge in [0.15, 0.2) is 0 Å². The number of hydrogen-bond acceptors (Lipinski definition) is 3. The summed E-state index contributed by atoms with van der Waals surface area (Å²) in [6.07, 6.45) is 0. The molecule has 120 valence electrons. The summed E-state index contributed by atoms with van der Waals surface area (Å²) < 4.78 is 20.8. The van der Waals surface area contributed by atoms with E-state index in [0.29, 0.717) is 33.6 Å². The highest BCUT2D eigenvalue weighted by atomic mass is 35.5. The van der Waals surface area contributed by atoms with E-state index >= 15 is 0 Å². The maximum absolute atomic E-state index is 13.4. The van der Waals surface area contributed by atoms with Crippen molar-refractivity contribution in [3.05, 3.63) is 76.7 Å². The van der Waals surface area contributed by atoms with Gasteiger partial charge in [-0.1, -0.05) is 35.9 Å². The molecule has 2 N–H and O–H groups in total. The minimum Gasteiger partial charge on any atom is -0.437 e. The van der Waals surface area contributed by atoms with Crippen molar-refractivity contribution in [2.24, 2.45) is 0 Å². The Morgan fingerprint density at radius 3 is 2.67 bits per heavy atom. The number of para-hydroxylation sites is 1. The van der Waals surface area contributed by atoms with E-state index in [2.05, 4.69) is 6.07 Å². The number of rotatable bonds is 4. The van der Waals surface area contributed by atoms with Gasteiger partial charge in [-0.05, 0) is 29.8 Å². The van der Waals surface area contributed by atoms with Crippen LogP contribution in [-0.2, 0) is 6.54 Å². The summed E-state index contributed by atoms with van der Waals surface area (Å²) in [6, 6.07) is 16.7. The quantitative estimate of drug-likeness (QED) is 0.755. The molecule has 0 amide bonds. The van der Waals surface area contributed by atoms with E-state index in [1.54, 1.807) is 41.0 Å². The van der Waals surface area contributed by atoms with Gasteiger partial charge in [-0.25, -0.2) is 4.39 Å².